The Labute approximate surface area is 267 Å². The van der Waals surface area contributed by atoms with Crippen molar-refractivity contribution in [3.05, 3.63) is 170 Å². The molecule has 0 bridgehead atoms. The molecule has 0 saturated heterocycles. The van der Waals surface area contributed by atoms with Crippen molar-refractivity contribution >= 4 is 43.6 Å². The van der Waals surface area contributed by atoms with Gasteiger partial charge in [0.15, 0.2) is 0 Å². The van der Waals surface area contributed by atoms with Gasteiger partial charge in [0, 0.05) is 79.2 Å². The number of rotatable bonds is 2. The smallest absolute Gasteiger partial charge is 0.0425 e. The van der Waals surface area contributed by atoms with E-state index in [9.17, 15) is 0 Å². The molecule has 2 heterocycles. The standard InChI is InChI=1S/C30H19N2.C8H7.La/c1-5-16-27-23(12-1)24-13-2-6-17-28(24)31(27)21-10-9-11-22(20-21)32-29-18-7-3-14-25(29)26-15-4-8-19-30(26)32;1-2-4-6-8-7-5-3-1;/h1-8,10-20H;1-7H;/q2*-1;/b;2-1-,3-1?,4-2?,5-3-,6-4-,7-5?;. The molecular weight excluding hydrogens is 623 g/mol. The van der Waals surface area contributed by atoms with E-state index in [1.54, 1.807) is 0 Å². The third-order valence-corrected chi connectivity index (χ3v) is 7.26. The van der Waals surface area contributed by atoms with E-state index in [0.29, 0.717) is 0 Å². The van der Waals surface area contributed by atoms with Crippen molar-refractivity contribution in [3.8, 4) is 11.4 Å². The van der Waals surface area contributed by atoms with Gasteiger partial charge in [-0.05, 0) is 24.3 Å². The van der Waals surface area contributed by atoms with Crippen LogP contribution in [0.5, 0.6) is 0 Å². The number of nitrogens with zero attached hydrogens (tertiary/aromatic N) is 2. The van der Waals surface area contributed by atoms with Gasteiger partial charge in [0.2, 0.25) is 0 Å². The molecule has 0 spiro atoms. The van der Waals surface area contributed by atoms with Crippen LogP contribution in [0.1, 0.15) is 0 Å². The van der Waals surface area contributed by atoms with Crippen LogP contribution < -0.4 is 0 Å². The van der Waals surface area contributed by atoms with Gasteiger partial charge in [0.1, 0.15) is 0 Å². The molecule has 0 aliphatic heterocycles. The first-order chi connectivity index (χ1) is 19.9. The maximum absolute atomic E-state index is 3.42. The van der Waals surface area contributed by atoms with Crippen LogP contribution in [-0.4, -0.2) is 9.13 Å². The number of benzene rings is 5. The molecule has 0 atom stereocenters. The SMILES string of the molecule is [C-]1=C\C=C/C=C\C=C/1.[La].[c-]1cc(-n2c3ccccc3c3ccccc32)cc(-n2c3ccccc3c3ccccc32)c1. The fourth-order valence-corrected chi connectivity index (χ4v) is 5.58. The summed E-state index contributed by atoms with van der Waals surface area (Å²) in [5.74, 6) is 0. The third kappa shape index (κ3) is 5.09. The van der Waals surface area contributed by atoms with E-state index < -0.39 is 0 Å². The topological polar surface area (TPSA) is 9.86 Å². The fraction of sp³-hybridized carbons (Fsp3) is 0. The maximum atomic E-state index is 3.42. The summed E-state index contributed by atoms with van der Waals surface area (Å²) in [5, 5.41) is 5.08. The van der Waals surface area contributed by atoms with Crippen LogP contribution in [0.4, 0.5) is 0 Å². The molecule has 1 aliphatic carbocycles. The zero-order chi connectivity index (χ0) is 26.7. The summed E-state index contributed by atoms with van der Waals surface area (Å²) in [7, 11) is 0. The van der Waals surface area contributed by atoms with Gasteiger partial charge < -0.3 is 9.13 Å². The summed E-state index contributed by atoms with van der Waals surface area (Å²) < 4.78 is 4.69. The average molecular weight is 650 g/mol. The van der Waals surface area contributed by atoms with Crippen molar-refractivity contribution in [2.45, 2.75) is 0 Å². The molecule has 3 heteroatoms. The molecule has 0 saturated carbocycles. The third-order valence-electron chi connectivity index (χ3n) is 7.26. The second-order valence-corrected chi connectivity index (χ2v) is 9.65. The Morgan fingerprint density at radius 3 is 1.29 bits per heavy atom. The van der Waals surface area contributed by atoms with Crippen molar-refractivity contribution in [1.29, 1.82) is 0 Å². The molecule has 1 radical (unpaired) electrons. The zero-order valence-electron chi connectivity index (χ0n) is 22.5. The molecule has 5 aromatic carbocycles. The molecule has 0 amide bonds. The second-order valence-electron chi connectivity index (χ2n) is 9.65. The number of hydrogen-bond acceptors (Lipinski definition) is 0. The van der Waals surface area contributed by atoms with Gasteiger partial charge >= 0.3 is 0 Å². The van der Waals surface area contributed by atoms with Gasteiger partial charge in [-0.25, -0.2) is 0 Å². The molecule has 0 N–H and O–H groups in total. The summed E-state index contributed by atoms with van der Waals surface area (Å²) in [6, 6.07) is 44.3. The number of para-hydroxylation sites is 4. The maximum Gasteiger partial charge on any atom is 0.0425 e. The summed E-state index contributed by atoms with van der Waals surface area (Å²) in [5.41, 5.74) is 7.06. The molecule has 8 rings (SSSR count). The zero-order valence-corrected chi connectivity index (χ0v) is 26.1. The van der Waals surface area contributed by atoms with Crippen LogP contribution in [0.3, 0.4) is 0 Å². The molecule has 7 aromatic rings. The van der Waals surface area contributed by atoms with Crippen LogP contribution in [0, 0.1) is 47.7 Å². The van der Waals surface area contributed by atoms with Crippen LogP contribution >= 0.6 is 0 Å². The Hall–Kier alpha value is -4.15. The van der Waals surface area contributed by atoms with Crippen LogP contribution in [0.2, 0.25) is 0 Å². The van der Waals surface area contributed by atoms with Gasteiger partial charge in [0.25, 0.3) is 0 Å². The van der Waals surface area contributed by atoms with E-state index in [1.807, 2.05) is 42.5 Å². The van der Waals surface area contributed by atoms with Crippen molar-refractivity contribution in [3.63, 3.8) is 0 Å². The average Bonchev–Trinajstić information content (AvgIpc) is 3.51. The van der Waals surface area contributed by atoms with E-state index in [2.05, 4.69) is 137 Å². The largest absolute Gasteiger partial charge is 0.364 e. The first-order valence-corrected chi connectivity index (χ1v) is 13.5. The molecule has 2 aromatic heterocycles. The number of aromatic nitrogens is 2. The minimum atomic E-state index is 0. The minimum Gasteiger partial charge on any atom is -0.364 e. The molecule has 2 nitrogen and oxygen atoms in total. The number of fused-ring (bicyclic) bond motifs is 6. The molecule has 41 heavy (non-hydrogen) atoms. The van der Waals surface area contributed by atoms with Crippen LogP contribution in [0.15, 0.2) is 158 Å². The quantitative estimate of drug-likeness (QED) is 0.165. The summed E-state index contributed by atoms with van der Waals surface area (Å²) >= 11 is 0. The van der Waals surface area contributed by atoms with E-state index in [4.69, 9.17) is 0 Å². The summed E-state index contributed by atoms with van der Waals surface area (Å²) in [4.78, 5) is 0. The second kappa shape index (κ2) is 12.2. The van der Waals surface area contributed by atoms with Crippen molar-refractivity contribution in [1.82, 2.24) is 9.13 Å². The molecule has 193 valence electrons. The predicted octanol–water partition coefficient (Wildman–Crippen LogP) is 9.71. The Morgan fingerprint density at radius 1 is 0.439 bits per heavy atom. The van der Waals surface area contributed by atoms with E-state index in [1.165, 1.54) is 43.6 Å². The monoisotopic (exact) mass is 649 g/mol. The Morgan fingerprint density at radius 2 is 0.829 bits per heavy atom. The minimum absolute atomic E-state index is 0. The van der Waals surface area contributed by atoms with Crippen molar-refractivity contribution < 1.29 is 35.6 Å². The van der Waals surface area contributed by atoms with Gasteiger partial charge in [-0.2, -0.15) is 48.6 Å². The molecule has 0 fully saturated rings. The number of hydrogen-bond donors (Lipinski definition) is 0. The van der Waals surface area contributed by atoms with E-state index >= 15 is 0 Å². The summed E-state index contributed by atoms with van der Waals surface area (Å²) in [6.45, 7) is 0. The van der Waals surface area contributed by atoms with Gasteiger partial charge in [-0.1, -0.05) is 90.2 Å². The van der Waals surface area contributed by atoms with Gasteiger partial charge in [0.05, 0.1) is 0 Å². The summed E-state index contributed by atoms with van der Waals surface area (Å²) in [6.07, 6.45) is 16.5. The molecule has 1 aliphatic rings. The Balaban J connectivity index is 0.000000293. The first-order valence-electron chi connectivity index (χ1n) is 13.5. The fourth-order valence-electron chi connectivity index (χ4n) is 5.58. The van der Waals surface area contributed by atoms with Crippen LogP contribution in [-0.2, 0) is 0 Å². The predicted molar refractivity (Wildman–Crippen MR) is 169 cm³/mol. The normalized spacial score (nSPS) is 15.4. The van der Waals surface area contributed by atoms with Gasteiger partial charge in [-0.15, -0.1) is 18.2 Å². The van der Waals surface area contributed by atoms with E-state index in [0.717, 1.165) is 11.4 Å². The van der Waals surface area contributed by atoms with Crippen molar-refractivity contribution in [2.24, 2.45) is 0 Å². The molecule has 0 unspecified atom stereocenters. The van der Waals surface area contributed by atoms with Gasteiger partial charge in [-0.3, -0.25) is 0 Å². The van der Waals surface area contributed by atoms with E-state index in [-0.39, 0.29) is 35.6 Å². The Kier molecular flexibility index (Phi) is 8.02. The Bertz CT molecular complexity index is 1830. The first kappa shape index (κ1) is 27.0. The molecular formula is C38H26LaN2-2. The van der Waals surface area contributed by atoms with Crippen molar-refractivity contribution in [2.75, 3.05) is 0 Å². The number of allylic oxidation sites excluding steroid dienone is 8. The van der Waals surface area contributed by atoms with Crippen LogP contribution in [0.25, 0.3) is 55.0 Å².